The van der Waals surface area contributed by atoms with Gasteiger partial charge in [-0.15, -0.1) is 0 Å². The Morgan fingerprint density at radius 2 is 1.76 bits per heavy atom. The minimum absolute atomic E-state index is 0.802. The summed E-state index contributed by atoms with van der Waals surface area (Å²) < 4.78 is 6.35. The van der Waals surface area contributed by atoms with Crippen molar-refractivity contribution >= 4 is 32.5 Å². The van der Waals surface area contributed by atoms with E-state index < -0.39 is 0 Å². The van der Waals surface area contributed by atoms with Gasteiger partial charge in [0.15, 0.2) is 5.13 Å². The average molecular weight is 461 g/mol. The molecule has 4 heterocycles. The van der Waals surface area contributed by atoms with Crippen LogP contribution in [-0.4, -0.2) is 71.2 Å². The van der Waals surface area contributed by atoms with E-state index in [1.165, 1.54) is 11.1 Å². The standard InChI is InChI=1S/C25H28N6OS/c1-32-15-14-30-10-12-31(13-11-30)18-19-4-9-27-24(16-19)29-25-28-22-3-2-21(17-23(22)33-25)20-5-7-26-8-6-20/h2-9,16-17H,10-15,18H2,1H3,(H,27,28,29). The summed E-state index contributed by atoms with van der Waals surface area (Å²) in [6.45, 7) is 7.08. The van der Waals surface area contributed by atoms with Gasteiger partial charge in [-0.2, -0.15) is 0 Å². The van der Waals surface area contributed by atoms with Crippen LogP contribution in [0.2, 0.25) is 0 Å². The van der Waals surface area contributed by atoms with E-state index in [0.717, 1.165) is 72.6 Å². The largest absolute Gasteiger partial charge is 0.383 e. The predicted molar refractivity (Wildman–Crippen MR) is 134 cm³/mol. The molecule has 0 radical (unpaired) electrons. The van der Waals surface area contributed by atoms with Crippen molar-refractivity contribution in [3.05, 3.63) is 66.6 Å². The minimum atomic E-state index is 0.802. The Morgan fingerprint density at radius 1 is 0.939 bits per heavy atom. The highest BCUT2D eigenvalue weighted by atomic mass is 32.1. The van der Waals surface area contributed by atoms with Gasteiger partial charge in [0.1, 0.15) is 5.82 Å². The Labute approximate surface area is 198 Å². The lowest BCUT2D eigenvalue weighted by Crippen LogP contribution is -2.46. The summed E-state index contributed by atoms with van der Waals surface area (Å²) in [6.07, 6.45) is 5.51. The molecule has 0 bridgehead atoms. The van der Waals surface area contributed by atoms with Crippen LogP contribution in [-0.2, 0) is 11.3 Å². The van der Waals surface area contributed by atoms with Crippen LogP contribution < -0.4 is 5.32 Å². The molecule has 170 valence electrons. The zero-order valence-electron chi connectivity index (χ0n) is 18.8. The molecule has 0 spiro atoms. The zero-order chi connectivity index (χ0) is 22.5. The first kappa shape index (κ1) is 21.9. The Bertz CT molecular complexity index is 1190. The van der Waals surface area contributed by atoms with Crippen molar-refractivity contribution in [3.63, 3.8) is 0 Å². The lowest BCUT2D eigenvalue weighted by Gasteiger charge is -2.34. The second-order valence-electron chi connectivity index (χ2n) is 8.22. The maximum absolute atomic E-state index is 5.20. The summed E-state index contributed by atoms with van der Waals surface area (Å²) in [4.78, 5) is 18.3. The monoisotopic (exact) mass is 460 g/mol. The van der Waals surface area contributed by atoms with Crippen LogP contribution >= 0.6 is 11.3 Å². The zero-order valence-corrected chi connectivity index (χ0v) is 19.6. The van der Waals surface area contributed by atoms with Crippen molar-refractivity contribution in [2.75, 3.05) is 51.8 Å². The number of nitrogens with zero attached hydrogens (tertiary/aromatic N) is 5. The Hall–Kier alpha value is -2.91. The highest BCUT2D eigenvalue weighted by Crippen LogP contribution is 2.31. The number of methoxy groups -OCH3 is 1. The molecule has 8 heteroatoms. The topological polar surface area (TPSA) is 66.4 Å². The maximum Gasteiger partial charge on any atom is 0.189 e. The van der Waals surface area contributed by atoms with Crippen LogP contribution in [0.15, 0.2) is 61.1 Å². The number of fused-ring (bicyclic) bond motifs is 1. The molecule has 1 aliphatic heterocycles. The number of thiazole rings is 1. The van der Waals surface area contributed by atoms with Gasteiger partial charge in [0.25, 0.3) is 0 Å². The van der Waals surface area contributed by atoms with E-state index in [4.69, 9.17) is 9.72 Å². The number of aromatic nitrogens is 3. The lowest BCUT2D eigenvalue weighted by molar-refractivity contribution is 0.0938. The highest BCUT2D eigenvalue weighted by Gasteiger charge is 2.17. The third kappa shape index (κ3) is 5.54. The van der Waals surface area contributed by atoms with Crippen LogP contribution in [0.4, 0.5) is 10.9 Å². The first-order chi connectivity index (χ1) is 16.3. The van der Waals surface area contributed by atoms with Crippen molar-refractivity contribution in [3.8, 4) is 11.1 Å². The van der Waals surface area contributed by atoms with Crippen molar-refractivity contribution in [2.24, 2.45) is 0 Å². The predicted octanol–water partition coefficient (Wildman–Crippen LogP) is 4.26. The van der Waals surface area contributed by atoms with Gasteiger partial charge in [0.05, 0.1) is 16.8 Å². The first-order valence-corrected chi connectivity index (χ1v) is 12.0. The van der Waals surface area contributed by atoms with Crippen molar-refractivity contribution in [1.82, 2.24) is 24.8 Å². The van der Waals surface area contributed by atoms with E-state index >= 15 is 0 Å². The number of hydrogen-bond donors (Lipinski definition) is 1. The summed E-state index contributed by atoms with van der Waals surface area (Å²) >= 11 is 1.65. The van der Waals surface area contributed by atoms with Crippen LogP contribution in [0.25, 0.3) is 21.3 Å². The Balaban J connectivity index is 1.23. The van der Waals surface area contributed by atoms with E-state index in [1.54, 1.807) is 18.4 Å². The van der Waals surface area contributed by atoms with Gasteiger partial charge in [-0.1, -0.05) is 17.4 Å². The fourth-order valence-corrected chi connectivity index (χ4v) is 5.01. The first-order valence-electron chi connectivity index (χ1n) is 11.2. The minimum Gasteiger partial charge on any atom is -0.383 e. The van der Waals surface area contributed by atoms with Crippen molar-refractivity contribution in [2.45, 2.75) is 6.54 Å². The second-order valence-corrected chi connectivity index (χ2v) is 9.25. The van der Waals surface area contributed by atoms with Crippen LogP contribution in [0, 0.1) is 0 Å². The van der Waals surface area contributed by atoms with Crippen LogP contribution in [0.5, 0.6) is 0 Å². The quantitative estimate of drug-likeness (QED) is 0.421. The number of nitrogens with one attached hydrogen (secondary N) is 1. The van der Waals surface area contributed by atoms with Crippen molar-refractivity contribution < 1.29 is 4.74 Å². The summed E-state index contributed by atoms with van der Waals surface area (Å²) in [5.41, 5.74) is 4.58. The average Bonchev–Trinajstić information content (AvgIpc) is 3.26. The smallest absolute Gasteiger partial charge is 0.189 e. The normalized spacial score (nSPS) is 15.2. The molecule has 1 saturated heterocycles. The van der Waals surface area contributed by atoms with Gasteiger partial charge in [-0.05, 0) is 53.1 Å². The van der Waals surface area contributed by atoms with Gasteiger partial charge >= 0.3 is 0 Å². The maximum atomic E-state index is 5.20. The third-order valence-corrected chi connectivity index (χ3v) is 6.88. The molecule has 33 heavy (non-hydrogen) atoms. The van der Waals surface area contributed by atoms with E-state index in [0.29, 0.717) is 0 Å². The number of rotatable bonds is 8. The summed E-state index contributed by atoms with van der Waals surface area (Å²) in [6, 6.07) is 14.6. The molecule has 1 aliphatic rings. The molecule has 1 fully saturated rings. The number of piperazine rings is 1. The van der Waals surface area contributed by atoms with Crippen LogP contribution in [0.1, 0.15) is 5.56 Å². The number of hydrogen-bond acceptors (Lipinski definition) is 8. The van der Waals surface area contributed by atoms with Gasteiger partial charge in [0.2, 0.25) is 0 Å². The number of ether oxygens (including phenoxy) is 1. The highest BCUT2D eigenvalue weighted by molar-refractivity contribution is 7.22. The fourth-order valence-electron chi connectivity index (χ4n) is 4.10. The number of anilines is 2. The Morgan fingerprint density at radius 3 is 2.58 bits per heavy atom. The van der Waals surface area contributed by atoms with Gasteiger partial charge < -0.3 is 10.1 Å². The van der Waals surface area contributed by atoms with E-state index in [-0.39, 0.29) is 0 Å². The molecular weight excluding hydrogens is 432 g/mol. The molecule has 0 unspecified atom stereocenters. The summed E-state index contributed by atoms with van der Waals surface area (Å²) in [5.74, 6) is 0.833. The number of benzene rings is 1. The molecule has 0 aliphatic carbocycles. The molecule has 5 rings (SSSR count). The SMILES string of the molecule is COCCN1CCN(Cc2ccnc(Nc3nc4ccc(-c5ccncc5)cc4s3)c2)CC1. The van der Waals surface area contributed by atoms with E-state index in [2.05, 4.69) is 55.4 Å². The molecule has 0 saturated carbocycles. The number of pyridine rings is 2. The fraction of sp³-hybridized carbons (Fsp3) is 0.320. The lowest BCUT2D eigenvalue weighted by atomic mass is 10.1. The molecule has 1 aromatic carbocycles. The summed E-state index contributed by atoms with van der Waals surface area (Å²) in [7, 11) is 1.76. The third-order valence-electron chi connectivity index (χ3n) is 5.94. The molecule has 0 atom stereocenters. The summed E-state index contributed by atoms with van der Waals surface area (Å²) in [5, 5.41) is 4.26. The van der Waals surface area contributed by atoms with Crippen LogP contribution in [0.3, 0.4) is 0 Å². The molecule has 7 nitrogen and oxygen atoms in total. The molecule has 3 aromatic heterocycles. The van der Waals surface area contributed by atoms with E-state index in [9.17, 15) is 0 Å². The molecule has 1 N–H and O–H groups in total. The molecular formula is C25H28N6OS. The molecule has 0 amide bonds. The van der Waals surface area contributed by atoms with Gasteiger partial charge in [0, 0.05) is 65.0 Å². The second kappa shape index (κ2) is 10.4. The molecule has 4 aromatic rings. The van der Waals surface area contributed by atoms with Gasteiger partial charge in [-0.25, -0.2) is 9.97 Å². The van der Waals surface area contributed by atoms with Gasteiger partial charge in [-0.3, -0.25) is 14.8 Å². The Kier molecular flexibility index (Phi) is 6.87. The van der Waals surface area contributed by atoms with Crippen molar-refractivity contribution in [1.29, 1.82) is 0 Å². The van der Waals surface area contributed by atoms with E-state index in [1.807, 2.05) is 30.7 Å².